The maximum absolute atomic E-state index is 2.73. The minimum absolute atomic E-state index is 0.0418. The topological polar surface area (TPSA) is 6.48 Å². The largest absolute Gasteiger partial charge is 0.376 e. The number of nitrogens with zero attached hydrogens (tertiary/aromatic N) is 2. The van der Waals surface area contributed by atoms with Gasteiger partial charge in [0.1, 0.15) is 0 Å². The van der Waals surface area contributed by atoms with Crippen LogP contribution in [0.4, 0.5) is 28.4 Å². The molecule has 7 aromatic rings. The zero-order chi connectivity index (χ0) is 41.8. The lowest BCUT2D eigenvalue weighted by Crippen LogP contribution is -2.63. The van der Waals surface area contributed by atoms with E-state index >= 15 is 0 Å². The fraction of sp³-hybridized carbons (Fsp3) is 0.276. The molecule has 0 saturated heterocycles. The van der Waals surface area contributed by atoms with Gasteiger partial charge < -0.3 is 9.71 Å². The van der Waals surface area contributed by atoms with Crippen LogP contribution in [0, 0.1) is 6.92 Å². The van der Waals surface area contributed by atoms with Gasteiger partial charge in [-0.05, 0) is 161 Å². The van der Waals surface area contributed by atoms with Gasteiger partial charge in [0.15, 0.2) is 0 Å². The highest BCUT2D eigenvalue weighted by atomic mass is 15.2. The molecular weight excluding hydrogens is 735 g/mol. The summed E-state index contributed by atoms with van der Waals surface area (Å²) in [5.74, 6) is 0. The molecule has 0 N–H and O–H groups in total. The Morgan fingerprint density at radius 1 is 0.475 bits per heavy atom. The third-order valence-electron chi connectivity index (χ3n) is 14.0. The average Bonchev–Trinajstić information content (AvgIpc) is 3.53. The van der Waals surface area contributed by atoms with E-state index in [1.807, 2.05) is 0 Å². The molecule has 61 heavy (non-hydrogen) atoms. The van der Waals surface area contributed by atoms with Crippen LogP contribution in [0.25, 0.3) is 33.4 Å². The first-order valence-corrected chi connectivity index (χ1v) is 23.2. The molecule has 10 rings (SSSR count). The van der Waals surface area contributed by atoms with Crippen molar-refractivity contribution in [3.8, 4) is 33.4 Å². The summed E-state index contributed by atoms with van der Waals surface area (Å²) in [4.78, 5) is 5.39. The Morgan fingerprint density at radius 3 is 1.79 bits per heavy atom. The highest BCUT2D eigenvalue weighted by molar-refractivity contribution is 6.94. The van der Waals surface area contributed by atoms with Crippen LogP contribution >= 0.6 is 0 Å². The summed E-state index contributed by atoms with van der Waals surface area (Å²) in [6.07, 6.45) is 10.4. The van der Waals surface area contributed by atoms with Gasteiger partial charge >= 0.3 is 6.85 Å². The Morgan fingerprint density at radius 2 is 1.08 bits per heavy atom. The second kappa shape index (κ2) is 15.9. The van der Waals surface area contributed by atoms with Gasteiger partial charge in [-0.3, -0.25) is 0 Å². The predicted octanol–water partition coefficient (Wildman–Crippen LogP) is 14.7. The number of unbranched alkanes of at least 4 members (excludes halogenated alkanes) is 3. The standard InChI is InChI=1S/C58H59BN2/c1-7-10-18-40-25-29-44(30-26-40)61-52-33-28-42(20-12-9-3)38-48(52)49-35-39(4)36-54-56(49)59(61)57-53(34-31-46-45-23-16-17-24-50(45)58(5,6)55(46)57)60(54)51-32-27-41(19-11-8-2)37-47(51)43-21-14-13-15-22-43/h13-17,21-38H,7-12,18-20H2,1-6H3. The van der Waals surface area contributed by atoms with Crippen molar-refractivity contribution in [3.63, 3.8) is 0 Å². The summed E-state index contributed by atoms with van der Waals surface area (Å²) in [6.45, 7) is 14.1. The van der Waals surface area contributed by atoms with E-state index in [9.17, 15) is 0 Å². The van der Waals surface area contributed by atoms with Gasteiger partial charge in [-0.1, -0.05) is 145 Å². The monoisotopic (exact) mass is 794 g/mol. The summed E-state index contributed by atoms with van der Waals surface area (Å²) >= 11 is 0. The van der Waals surface area contributed by atoms with E-state index in [2.05, 4.69) is 191 Å². The Kier molecular flexibility index (Phi) is 10.3. The van der Waals surface area contributed by atoms with E-state index in [1.54, 1.807) is 0 Å². The Balaban J connectivity index is 1.31. The van der Waals surface area contributed by atoms with Crippen molar-refractivity contribution in [1.29, 1.82) is 0 Å². The fourth-order valence-corrected chi connectivity index (χ4v) is 11.0. The smallest absolute Gasteiger partial charge is 0.333 e. The van der Waals surface area contributed by atoms with Crippen molar-refractivity contribution in [2.24, 2.45) is 0 Å². The second-order valence-corrected chi connectivity index (χ2v) is 18.5. The molecule has 304 valence electrons. The van der Waals surface area contributed by atoms with Crippen molar-refractivity contribution in [2.75, 3.05) is 9.71 Å². The van der Waals surface area contributed by atoms with Crippen molar-refractivity contribution < 1.29 is 0 Å². The van der Waals surface area contributed by atoms with Gasteiger partial charge in [0.2, 0.25) is 0 Å². The number of aryl methyl sites for hydroxylation is 4. The summed E-state index contributed by atoms with van der Waals surface area (Å²) in [5, 5.41) is 0. The molecule has 0 saturated carbocycles. The minimum atomic E-state index is -0.211. The molecule has 1 aliphatic carbocycles. The van der Waals surface area contributed by atoms with Crippen LogP contribution in [0.1, 0.15) is 107 Å². The van der Waals surface area contributed by atoms with Gasteiger partial charge in [-0.25, -0.2) is 0 Å². The van der Waals surface area contributed by atoms with Crippen molar-refractivity contribution in [2.45, 2.75) is 105 Å². The lowest BCUT2D eigenvalue weighted by atomic mass is 9.41. The zero-order valence-corrected chi connectivity index (χ0v) is 37.1. The fourth-order valence-electron chi connectivity index (χ4n) is 11.0. The number of anilines is 5. The molecule has 0 unspecified atom stereocenters. The normalized spacial score (nSPS) is 14.0. The molecule has 7 aromatic carbocycles. The van der Waals surface area contributed by atoms with Crippen molar-refractivity contribution in [3.05, 3.63) is 173 Å². The minimum Gasteiger partial charge on any atom is -0.376 e. The molecular formula is C58H59BN2. The van der Waals surface area contributed by atoms with Gasteiger partial charge in [0.05, 0.1) is 5.69 Å². The van der Waals surface area contributed by atoms with Crippen LogP contribution < -0.4 is 20.6 Å². The van der Waals surface area contributed by atoms with Crippen molar-refractivity contribution >= 4 is 46.2 Å². The number of rotatable bonds is 12. The van der Waals surface area contributed by atoms with Gasteiger partial charge in [-0.15, -0.1) is 0 Å². The molecule has 0 fully saturated rings. The summed E-state index contributed by atoms with van der Waals surface area (Å²) < 4.78 is 0. The first kappa shape index (κ1) is 39.3. The van der Waals surface area contributed by atoms with Gasteiger partial charge in [-0.2, -0.15) is 0 Å². The Hall–Kier alpha value is -5.80. The quantitative estimate of drug-likeness (QED) is 0.114. The van der Waals surface area contributed by atoms with Gasteiger partial charge in [0, 0.05) is 39.3 Å². The molecule has 0 bridgehead atoms. The molecule has 0 aromatic heterocycles. The van der Waals surface area contributed by atoms with E-state index in [4.69, 9.17) is 0 Å². The van der Waals surface area contributed by atoms with Crippen LogP contribution in [0.15, 0.2) is 140 Å². The molecule has 2 aliphatic heterocycles. The molecule has 2 heterocycles. The summed E-state index contributed by atoms with van der Waals surface area (Å²) in [6, 6.07) is 54.5. The second-order valence-electron chi connectivity index (χ2n) is 18.5. The highest BCUT2D eigenvalue weighted by Gasteiger charge is 2.50. The van der Waals surface area contributed by atoms with Crippen LogP contribution in [-0.4, -0.2) is 6.85 Å². The van der Waals surface area contributed by atoms with Gasteiger partial charge in [0.25, 0.3) is 0 Å². The lowest BCUT2D eigenvalue weighted by molar-refractivity contribution is 0.664. The number of hydrogen-bond acceptors (Lipinski definition) is 2. The molecule has 3 aliphatic rings. The van der Waals surface area contributed by atoms with Crippen LogP contribution in [0.5, 0.6) is 0 Å². The third kappa shape index (κ3) is 6.55. The number of fused-ring (bicyclic) bond motifs is 8. The van der Waals surface area contributed by atoms with E-state index in [0.717, 1.165) is 19.3 Å². The first-order valence-electron chi connectivity index (χ1n) is 23.2. The van der Waals surface area contributed by atoms with E-state index in [1.165, 1.54) is 145 Å². The number of hydrogen-bond donors (Lipinski definition) is 0. The average molecular weight is 795 g/mol. The summed E-state index contributed by atoms with van der Waals surface area (Å²) in [7, 11) is 0. The molecule has 0 amide bonds. The van der Waals surface area contributed by atoms with Crippen LogP contribution in [0.3, 0.4) is 0 Å². The van der Waals surface area contributed by atoms with E-state index in [-0.39, 0.29) is 12.3 Å². The third-order valence-corrected chi connectivity index (χ3v) is 14.0. The maximum Gasteiger partial charge on any atom is 0.333 e. The molecule has 0 atom stereocenters. The SMILES string of the molecule is CCCCc1ccc(N2B3c4c(cc(C)cc4N(c4ccc(CCCC)cc4-c4ccccc4)c4ccc5c(c43)C(C)(C)c3ccccc3-5)-c3cc(CCCC)ccc32)cc1. The molecule has 0 spiro atoms. The highest BCUT2D eigenvalue weighted by Crippen LogP contribution is 2.54. The van der Waals surface area contributed by atoms with E-state index < -0.39 is 0 Å². The molecule has 3 heteroatoms. The predicted molar refractivity (Wildman–Crippen MR) is 264 cm³/mol. The maximum atomic E-state index is 2.73. The Bertz CT molecular complexity index is 2760. The van der Waals surface area contributed by atoms with Crippen molar-refractivity contribution in [1.82, 2.24) is 0 Å². The Labute approximate surface area is 365 Å². The molecule has 2 nitrogen and oxygen atoms in total. The van der Waals surface area contributed by atoms with Crippen LogP contribution in [-0.2, 0) is 24.7 Å². The lowest BCUT2D eigenvalue weighted by Gasteiger charge is -2.47. The zero-order valence-electron chi connectivity index (χ0n) is 37.1. The van der Waals surface area contributed by atoms with Crippen LogP contribution in [0.2, 0.25) is 0 Å². The summed E-state index contributed by atoms with van der Waals surface area (Å²) in [5.41, 5.74) is 25.3. The number of benzene rings is 7. The van der Waals surface area contributed by atoms with E-state index in [0.29, 0.717) is 0 Å². The molecule has 0 radical (unpaired) electrons. The first-order chi connectivity index (χ1) is 29.8.